The highest BCUT2D eigenvalue weighted by Crippen LogP contribution is 2.51. The molecule has 0 saturated carbocycles. The van der Waals surface area contributed by atoms with Gasteiger partial charge in [0.05, 0.1) is 30.6 Å². The molecule has 6 heterocycles. The zero-order valence-corrected chi connectivity index (χ0v) is 34.7. The van der Waals surface area contributed by atoms with Crippen LogP contribution in [-0.2, 0) is 12.3 Å². The summed E-state index contributed by atoms with van der Waals surface area (Å²) in [5.41, 5.74) is -0.752. The van der Waals surface area contributed by atoms with Crippen LogP contribution in [0.1, 0.15) is 50.2 Å². The molecule has 0 aromatic carbocycles. The van der Waals surface area contributed by atoms with E-state index in [1.165, 1.54) is 51.5 Å². The fourth-order valence-corrected chi connectivity index (χ4v) is 12.8. The van der Waals surface area contributed by atoms with Gasteiger partial charge in [-0.25, -0.2) is 52.7 Å². The van der Waals surface area contributed by atoms with Gasteiger partial charge in [0.1, 0.15) is 6.42 Å². The van der Waals surface area contributed by atoms with Crippen LogP contribution in [0.25, 0.3) is 48.8 Å². The Morgan fingerprint density at radius 3 is 1.24 bits per heavy atom. The van der Waals surface area contributed by atoms with Gasteiger partial charge in [-0.15, -0.1) is 68.0 Å². The second-order valence-corrected chi connectivity index (χ2v) is 20.1. The lowest BCUT2D eigenvalue weighted by molar-refractivity contribution is -0.214. The van der Waals surface area contributed by atoms with Crippen LogP contribution in [0.2, 0.25) is 0 Å². The minimum Gasteiger partial charge on any atom is -0.207 e. The largest absolute Gasteiger partial charge is 0.394 e. The van der Waals surface area contributed by atoms with E-state index in [9.17, 15) is 57.1 Å². The predicted molar refractivity (Wildman–Crippen MR) is 208 cm³/mol. The summed E-state index contributed by atoms with van der Waals surface area (Å²) in [7, 11) is 0. The highest BCUT2D eigenvalue weighted by molar-refractivity contribution is 7.30. The third-order valence-electron chi connectivity index (χ3n) is 8.40. The molecule has 21 heteroatoms. The minimum absolute atomic E-state index is 0.0941. The van der Waals surface area contributed by atoms with Crippen molar-refractivity contribution in [3.63, 3.8) is 0 Å². The van der Waals surface area contributed by atoms with Crippen molar-refractivity contribution in [3.8, 4) is 48.8 Å². The van der Waals surface area contributed by atoms with Gasteiger partial charge in [-0.1, -0.05) is 0 Å². The summed E-state index contributed by atoms with van der Waals surface area (Å²) in [5, 5.41) is 2.76. The maximum atomic E-state index is 15.2. The maximum absolute atomic E-state index is 15.2. The summed E-state index contributed by atoms with van der Waals surface area (Å²) in [6, 6.07) is 16.3. The van der Waals surface area contributed by atoms with Crippen LogP contribution in [0.3, 0.4) is 0 Å². The molecule has 6 aromatic rings. The number of halogens is 15. The van der Waals surface area contributed by atoms with E-state index in [4.69, 9.17) is 0 Å². The van der Waals surface area contributed by atoms with Gasteiger partial charge in [-0.2, -0.15) is 13.2 Å². The molecule has 0 N–H and O–H groups in total. The van der Waals surface area contributed by atoms with Gasteiger partial charge in [0, 0.05) is 55.9 Å². The molecule has 0 bridgehead atoms. The first-order valence-electron chi connectivity index (χ1n) is 17.0. The molecule has 0 saturated heterocycles. The van der Waals surface area contributed by atoms with Gasteiger partial charge < -0.3 is 0 Å². The highest BCUT2D eigenvalue weighted by atomic mass is 32.1. The quantitative estimate of drug-likeness (QED) is 0.0799. The van der Waals surface area contributed by atoms with Crippen LogP contribution in [0.5, 0.6) is 0 Å². The van der Waals surface area contributed by atoms with Crippen molar-refractivity contribution >= 4 is 68.0 Å². The van der Waals surface area contributed by atoms with Gasteiger partial charge in [-0.05, 0) is 83.9 Å². The summed E-state index contributed by atoms with van der Waals surface area (Å²) >= 11 is 7.10. The molecule has 0 fully saturated rings. The molecule has 6 aromatic heterocycles. The monoisotopic (exact) mass is 960 g/mol. The standard InChI is InChI=1S/C38H27F15S6/c1-32(39,40)15-34(43,44)16-33(41,42)14-20-10-12-54-30(20)28-8-6-26(58-28)24-4-2-22(56-24)23-3-5-25(57-23)27-7-9-29(59-27)31-21(11-13-55-31)37(49,50)18-35(45,46)17-36(47,48)19-38(51,52)53/h2-13H,14-19H2,1H3. The lowest BCUT2D eigenvalue weighted by Gasteiger charge is -2.27. The summed E-state index contributed by atoms with van der Waals surface area (Å²) in [6.45, 7) is 0.249. The Bertz CT molecular complexity index is 2340. The number of hydrogen-bond donors (Lipinski definition) is 0. The normalized spacial score (nSPS) is 13.8. The Labute approximate surface area is 350 Å². The SMILES string of the molecule is CC(F)(F)CC(F)(F)CC(F)(F)Cc1ccsc1-c1ccc(-c2ccc(-c3ccc(-c4ccc(-c5sccc5C(F)(F)CC(F)(F)CC(F)(F)CC(F)(F)F)s4)s3)s2)s1. The molecule has 0 aliphatic carbocycles. The van der Waals surface area contributed by atoms with Crippen LogP contribution >= 0.6 is 68.0 Å². The van der Waals surface area contributed by atoms with Crippen LogP contribution in [0, 0.1) is 0 Å². The van der Waals surface area contributed by atoms with Crippen molar-refractivity contribution in [2.24, 2.45) is 0 Å². The molecule has 6 rings (SSSR count). The fraction of sp³-hybridized carbons (Fsp3) is 0.368. The Morgan fingerprint density at radius 2 is 0.763 bits per heavy atom. The zero-order valence-electron chi connectivity index (χ0n) is 29.8. The molecule has 0 amide bonds. The van der Waals surface area contributed by atoms with Crippen molar-refractivity contribution in [2.75, 3.05) is 0 Å². The average Bonchev–Trinajstić information content (AvgIpc) is 3.88. The van der Waals surface area contributed by atoms with E-state index in [0.717, 1.165) is 64.5 Å². The Balaban J connectivity index is 1.13. The number of thiophene rings is 6. The highest BCUT2D eigenvalue weighted by Gasteiger charge is 2.54. The van der Waals surface area contributed by atoms with E-state index in [0.29, 0.717) is 14.6 Å². The summed E-state index contributed by atoms with van der Waals surface area (Å²) in [5.74, 6) is -26.2. The molecule has 0 aliphatic heterocycles. The summed E-state index contributed by atoms with van der Waals surface area (Å²) in [6.07, 6.45) is -18.5. The lowest BCUT2D eigenvalue weighted by Crippen LogP contribution is -2.36. The molecular weight excluding hydrogens is 934 g/mol. The van der Waals surface area contributed by atoms with Crippen molar-refractivity contribution in [2.45, 2.75) is 87.2 Å². The lowest BCUT2D eigenvalue weighted by atomic mass is 9.97. The molecule has 59 heavy (non-hydrogen) atoms. The van der Waals surface area contributed by atoms with Crippen LogP contribution in [0.4, 0.5) is 65.9 Å². The van der Waals surface area contributed by atoms with E-state index in [1.54, 1.807) is 29.6 Å². The maximum Gasteiger partial charge on any atom is 0.394 e. The van der Waals surface area contributed by atoms with Crippen molar-refractivity contribution in [1.82, 2.24) is 0 Å². The Kier molecular flexibility index (Phi) is 12.7. The molecule has 0 spiro atoms. The molecule has 0 unspecified atom stereocenters. The van der Waals surface area contributed by atoms with Crippen molar-refractivity contribution < 1.29 is 65.9 Å². The van der Waals surface area contributed by atoms with Crippen molar-refractivity contribution in [3.05, 3.63) is 82.6 Å². The van der Waals surface area contributed by atoms with Gasteiger partial charge in [-0.3, -0.25) is 0 Å². The van der Waals surface area contributed by atoms with E-state index in [1.807, 2.05) is 18.2 Å². The third-order valence-corrected chi connectivity index (χ3v) is 15.6. The Morgan fingerprint density at radius 1 is 0.390 bits per heavy atom. The molecule has 320 valence electrons. The van der Waals surface area contributed by atoms with Gasteiger partial charge in [0.25, 0.3) is 35.5 Å². The van der Waals surface area contributed by atoms with Gasteiger partial charge in [0.15, 0.2) is 0 Å². The second-order valence-electron chi connectivity index (χ2n) is 14.0. The summed E-state index contributed by atoms with van der Waals surface area (Å²) in [4.78, 5) is 5.90. The first-order valence-corrected chi connectivity index (χ1v) is 22.0. The summed E-state index contributed by atoms with van der Waals surface area (Å²) < 4.78 is 208. The van der Waals surface area contributed by atoms with E-state index < -0.39 is 85.8 Å². The van der Waals surface area contributed by atoms with E-state index in [2.05, 4.69) is 0 Å². The fourth-order valence-electron chi connectivity index (χ4n) is 6.32. The van der Waals surface area contributed by atoms with Crippen LogP contribution in [0.15, 0.2) is 71.4 Å². The molecule has 0 aliphatic rings. The topological polar surface area (TPSA) is 0 Å². The Hall–Kier alpha value is -2.85. The van der Waals surface area contributed by atoms with E-state index >= 15 is 8.78 Å². The number of rotatable bonds is 17. The zero-order chi connectivity index (χ0) is 43.4. The third kappa shape index (κ3) is 12.0. The predicted octanol–water partition coefficient (Wildman–Crippen LogP) is 17.7. The second kappa shape index (κ2) is 16.4. The number of alkyl halides is 15. The number of hydrogen-bond acceptors (Lipinski definition) is 6. The molecular formula is C38H27F15S6. The molecule has 0 nitrogen and oxygen atoms in total. The first kappa shape index (κ1) is 45.7. The van der Waals surface area contributed by atoms with E-state index in [-0.39, 0.29) is 22.2 Å². The minimum atomic E-state index is -5.48. The smallest absolute Gasteiger partial charge is 0.207 e. The van der Waals surface area contributed by atoms with Crippen LogP contribution < -0.4 is 0 Å². The molecule has 0 atom stereocenters. The molecule has 0 radical (unpaired) electrons. The van der Waals surface area contributed by atoms with Gasteiger partial charge in [0.2, 0.25) is 0 Å². The van der Waals surface area contributed by atoms with Crippen molar-refractivity contribution in [1.29, 1.82) is 0 Å². The van der Waals surface area contributed by atoms with Gasteiger partial charge >= 0.3 is 6.18 Å². The van der Waals surface area contributed by atoms with Crippen LogP contribution in [-0.4, -0.2) is 35.8 Å². The first-order chi connectivity index (χ1) is 27.1. The average molecular weight is 961 g/mol.